The van der Waals surface area contributed by atoms with Crippen molar-refractivity contribution in [2.45, 2.75) is 6.42 Å². The number of methoxy groups -OCH3 is 1. The zero-order chi connectivity index (χ0) is 14.4. The summed E-state index contributed by atoms with van der Waals surface area (Å²) in [6.45, 7) is 0. The van der Waals surface area contributed by atoms with Gasteiger partial charge in [-0.15, -0.1) is 0 Å². The van der Waals surface area contributed by atoms with E-state index in [0.717, 1.165) is 12.0 Å². The average Bonchev–Trinajstić information content (AvgIpc) is 2.98. The van der Waals surface area contributed by atoms with E-state index in [1.54, 1.807) is 0 Å². The van der Waals surface area contributed by atoms with Crippen molar-refractivity contribution in [3.8, 4) is 0 Å². The van der Waals surface area contributed by atoms with Crippen molar-refractivity contribution in [2.24, 2.45) is 0 Å². The molecular formula is C19H14O2. The molecule has 3 aromatic rings. The quantitative estimate of drug-likeness (QED) is 0.493. The van der Waals surface area contributed by atoms with E-state index in [9.17, 15) is 4.79 Å². The number of allylic oxidation sites excluding steroid dienone is 1. The predicted molar refractivity (Wildman–Crippen MR) is 85.2 cm³/mol. The lowest BCUT2D eigenvalue weighted by Gasteiger charge is -2.10. The summed E-state index contributed by atoms with van der Waals surface area (Å²) in [5, 5.41) is 4.96. The number of carbonyl (C=O) groups is 1. The van der Waals surface area contributed by atoms with Crippen LogP contribution in [0.1, 0.15) is 11.1 Å². The van der Waals surface area contributed by atoms with Gasteiger partial charge in [-0.2, -0.15) is 0 Å². The van der Waals surface area contributed by atoms with Crippen molar-refractivity contribution < 1.29 is 9.53 Å². The number of fused-ring (bicyclic) bond motifs is 5. The number of ether oxygens (including phenoxy) is 1. The summed E-state index contributed by atoms with van der Waals surface area (Å²) < 4.78 is 4.87. The Bertz CT molecular complexity index is 919. The second-order valence-electron chi connectivity index (χ2n) is 5.29. The van der Waals surface area contributed by atoms with E-state index < -0.39 is 0 Å². The van der Waals surface area contributed by atoms with Crippen LogP contribution in [0.2, 0.25) is 0 Å². The Balaban J connectivity index is 2.01. The van der Waals surface area contributed by atoms with Crippen LogP contribution in [0.4, 0.5) is 0 Å². The van der Waals surface area contributed by atoms with Crippen molar-refractivity contribution in [3.63, 3.8) is 0 Å². The first kappa shape index (κ1) is 12.2. The maximum Gasteiger partial charge on any atom is 0.338 e. The lowest BCUT2D eigenvalue weighted by atomic mass is 9.94. The van der Waals surface area contributed by atoms with Crippen LogP contribution in [-0.2, 0) is 16.0 Å². The minimum Gasteiger partial charge on any atom is -0.465 e. The molecule has 0 spiro atoms. The first-order chi connectivity index (χ1) is 10.3. The highest BCUT2D eigenvalue weighted by Gasteiger charge is 2.22. The SMILES string of the molecule is COC(=O)C1=CCc2c1ccc1c2ccc2ccccc21. The van der Waals surface area contributed by atoms with Crippen LogP contribution in [0, 0.1) is 0 Å². The summed E-state index contributed by atoms with van der Waals surface area (Å²) >= 11 is 0. The average molecular weight is 274 g/mol. The van der Waals surface area contributed by atoms with Crippen LogP contribution in [-0.4, -0.2) is 13.1 Å². The largest absolute Gasteiger partial charge is 0.465 e. The van der Waals surface area contributed by atoms with E-state index in [1.165, 1.54) is 34.2 Å². The molecule has 0 N–H and O–H groups in total. The molecule has 1 aliphatic rings. The maximum atomic E-state index is 11.8. The molecule has 0 saturated carbocycles. The van der Waals surface area contributed by atoms with Crippen LogP contribution in [0.15, 0.2) is 54.6 Å². The van der Waals surface area contributed by atoms with Gasteiger partial charge in [0.05, 0.1) is 12.7 Å². The Labute approximate surface area is 122 Å². The van der Waals surface area contributed by atoms with Crippen molar-refractivity contribution in [2.75, 3.05) is 7.11 Å². The Kier molecular flexibility index (Phi) is 2.58. The lowest BCUT2D eigenvalue weighted by Crippen LogP contribution is -2.02. The first-order valence-corrected chi connectivity index (χ1v) is 7.02. The van der Waals surface area contributed by atoms with Gasteiger partial charge in [-0.05, 0) is 39.1 Å². The van der Waals surface area contributed by atoms with Crippen LogP contribution in [0.25, 0.3) is 27.1 Å². The fraction of sp³-hybridized carbons (Fsp3) is 0.105. The molecule has 21 heavy (non-hydrogen) atoms. The number of rotatable bonds is 1. The molecule has 3 aromatic carbocycles. The molecule has 0 bridgehead atoms. The van der Waals surface area contributed by atoms with Crippen LogP contribution in [0.5, 0.6) is 0 Å². The highest BCUT2D eigenvalue weighted by Crippen LogP contribution is 2.36. The molecule has 0 atom stereocenters. The molecule has 0 radical (unpaired) electrons. The van der Waals surface area contributed by atoms with Gasteiger partial charge in [-0.1, -0.05) is 54.6 Å². The Hall–Kier alpha value is -2.61. The third-order valence-corrected chi connectivity index (χ3v) is 4.24. The van der Waals surface area contributed by atoms with Gasteiger partial charge >= 0.3 is 5.97 Å². The summed E-state index contributed by atoms with van der Waals surface area (Å²) in [5.74, 6) is -0.256. The molecular weight excluding hydrogens is 260 g/mol. The van der Waals surface area contributed by atoms with E-state index in [0.29, 0.717) is 5.57 Å². The summed E-state index contributed by atoms with van der Waals surface area (Å²) in [4.78, 5) is 11.8. The van der Waals surface area contributed by atoms with E-state index in [1.807, 2.05) is 12.1 Å². The van der Waals surface area contributed by atoms with E-state index in [4.69, 9.17) is 4.74 Å². The van der Waals surface area contributed by atoms with Gasteiger partial charge in [0.15, 0.2) is 0 Å². The van der Waals surface area contributed by atoms with Crippen LogP contribution < -0.4 is 0 Å². The van der Waals surface area contributed by atoms with Gasteiger partial charge in [0.2, 0.25) is 0 Å². The summed E-state index contributed by atoms with van der Waals surface area (Å²) in [6.07, 6.45) is 2.75. The second kappa shape index (κ2) is 4.45. The van der Waals surface area contributed by atoms with E-state index in [-0.39, 0.29) is 5.97 Å². The second-order valence-corrected chi connectivity index (χ2v) is 5.29. The molecule has 0 amide bonds. The molecule has 0 aliphatic heterocycles. The summed E-state index contributed by atoms with van der Waals surface area (Å²) in [6, 6.07) is 16.8. The number of hydrogen-bond acceptors (Lipinski definition) is 2. The lowest BCUT2D eigenvalue weighted by molar-refractivity contribution is -0.133. The number of carbonyl (C=O) groups excluding carboxylic acids is 1. The number of benzene rings is 3. The monoisotopic (exact) mass is 274 g/mol. The Morgan fingerprint density at radius 3 is 2.62 bits per heavy atom. The van der Waals surface area contributed by atoms with Crippen LogP contribution >= 0.6 is 0 Å². The molecule has 1 aliphatic carbocycles. The topological polar surface area (TPSA) is 26.3 Å². The fourth-order valence-electron chi connectivity index (χ4n) is 3.24. The smallest absolute Gasteiger partial charge is 0.338 e. The molecule has 0 fully saturated rings. The van der Waals surface area contributed by atoms with E-state index >= 15 is 0 Å². The molecule has 0 unspecified atom stereocenters. The van der Waals surface area contributed by atoms with Crippen LogP contribution in [0.3, 0.4) is 0 Å². The molecule has 2 heteroatoms. The fourth-order valence-corrected chi connectivity index (χ4v) is 3.24. The normalized spacial score (nSPS) is 13.3. The van der Waals surface area contributed by atoms with Gasteiger partial charge in [-0.25, -0.2) is 4.79 Å². The summed E-state index contributed by atoms with van der Waals surface area (Å²) in [5.41, 5.74) is 2.91. The zero-order valence-corrected chi connectivity index (χ0v) is 11.7. The standard InChI is InChI=1S/C19H14O2/c1-21-19(20)18-11-10-16-15-7-6-12-4-2-3-5-13(12)14(15)8-9-17(16)18/h2-9,11H,10H2,1H3. The number of hydrogen-bond donors (Lipinski definition) is 0. The molecule has 0 saturated heterocycles. The Morgan fingerprint density at radius 2 is 1.76 bits per heavy atom. The van der Waals surface area contributed by atoms with Crippen molar-refractivity contribution >= 4 is 33.1 Å². The highest BCUT2D eigenvalue weighted by atomic mass is 16.5. The first-order valence-electron chi connectivity index (χ1n) is 7.02. The van der Waals surface area contributed by atoms with Gasteiger partial charge in [0.25, 0.3) is 0 Å². The van der Waals surface area contributed by atoms with Crippen molar-refractivity contribution in [3.05, 3.63) is 65.7 Å². The summed E-state index contributed by atoms with van der Waals surface area (Å²) in [7, 11) is 1.43. The molecule has 0 heterocycles. The third kappa shape index (κ3) is 1.69. The highest BCUT2D eigenvalue weighted by molar-refractivity contribution is 6.20. The van der Waals surface area contributed by atoms with Gasteiger partial charge in [-0.3, -0.25) is 0 Å². The van der Waals surface area contributed by atoms with Gasteiger partial charge in [0.1, 0.15) is 0 Å². The molecule has 102 valence electrons. The minimum atomic E-state index is -0.256. The van der Waals surface area contributed by atoms with Gasteiger partial charge in [0, 0.05) is 0 Å². The molecule has 0 aromatic heterocycles. The van der Waals surface area contributed by atoms with Gasteiger partial charge < -0.3 is 4.74 Å². The maximum absolute atomic E-state index is 11.8. The third-order valence-electron chi connectivity index (χ3n) is 4.24. The number of esters is 1. The van der Waals surface area contributed by atoms with E-state index in [2.05, 4.69) is 42.5 Å². The van der Waals surface area contributed by atoms with Crippen molar-refractivity contribution in [1.82, 2.24) is 0 Å². The predicted octanol–water partition coefficient (Wildman–Crippen LogP) is 4.11. The molecule has 4 rings (SSSR count). The van der Waals surface area contributed by atoms with Crippen molar-refractivity contribution in [1.29, 1.82) is 0 Å². The molecule has 2 nitrogen and oxygen atoms in total. The zero-order valence-electron chi connectivity index (χ0n) is 11.7. The Morgan fingerprint density at radius 1 is 0.952 bits per heavy atom. The minimum absolute atomic E-state index is 0.256.